The van der Waals surface area contributed by atoms with Crippen molar-refractivity contribution in [1.82, 2.24) is 4.90 Å². The number of aliphatic hydroxyl groups is 1. The van der Waals surface area contributed by atoms with Crippen LogP contribution in [0.5, 0.6) is 0 Å². The van der Waals surface area contributed by atoms with Crippen molar-refractivity contribution in [2.75, 3.05) is 6.73 Å². The molecule has 21 heavy (non-hydrogen) atoms. The molecule has 0 radical (unpaired) electrons. The molecule has 1 heterocycles. The first kappa shape index (κ1) is 13.8. The fourth-order valence-corrected chi connectivity index (χ4v) is 3.23. The maximum atomic E-state index is 12.2. The van der Waals surface area contributed by atoms with Gasteiger partial charge >= 0.3 is 0 Å². The molecule has 108 valence electrons. The molecule has 1 aliphatic rings. The van der Waals surface area contributed by atoms with Crippen LogP contribution in [0.1, 0.15) is 35.9 Å². The number of amides is 1. The van der Waals surface area contributed by atoms with Gasteiger partial charge in [-0.15, -0.1) is 0 Å². The molecule has 1 aliphatic heterocycles. The highest BCUT2D eigenvalue weighted by atomic mass is 16.3. The summed E-state index contributed by atoms with van der Waals surface area (Å²) in [7, 11) is 0. The first-order chi connectivity index (χ1) is 10.3. The molecule has 2 aromatic rings. The topological polar surface area (TPSA) is 40.5 Å². The third-order valence-electron chi connectivity index (χ3n) is 4.23. The molecule has 0 saturated carbocycles. The maximum Gasteiger partial charge on any atom is 0.224 e. The minimum Gasteiger partial charge on any atom is -0.376 e. The van der Waals surface area contributed by atoms with Crippen LogP contribution in [-0.4, -0.2) is 22.6 Å². The molecule has 0 spiro atoms. The number of rotatable bonds is 3. The number of carbonyl (C=O) groups is 1. The maximum absolute atomic E-state index is 12.2. The number of hydrogen-bond donors (Lipinski definition) is 1. The molecule has 2 unspecified atom stereocenters. The van der Waals surface area contributed by atoms with Gasteiger partial charge in [0.2, 0.25) is 5.91 Å². The Morgan fingerprint density at radius 2 is 1.52 bits per heavy atom. The number of hydrogen-bond acceptors (Lipinski definition) is 2. The number of benzene rings is 2. The lowest BCUT2D eigenvalue weighted by Gasteiger charge is -2.40. The van der Waals surface area contributed by atoms with Gasteiger partial charge < -0.3 is 10.0 Å². The predicted octanol–water partition coefficient (Wildman–Crippen LogP) is 3.08. The van der Waals surface area contributed by atoms with Gasteiger partial charge in [-0.05, 0) is 17.5 Å². The Bertz CT molecular complexity index is 597. The minimum absolute atomic E-state index is 0.0264. The van der Waals surface area contributed by atoms with Crippen molar-refractivity contribution in [3.05, 3.63) is 71.8 Å². The molecule has 1 N–H and O–H groups in total. The zero-order chi connectivity index (χ0) is 14.7. The molecule has 1 amide bonds. The van der Waals surface area contributed by atoms with Gasteiger partial charge in [-0.25, -0.2) is 0 Å². The summed E-state index contributed by atoms with van der Waals surface area (Å²) in [5, 5.41) is 9.66. The molecule has 3 rings (SSSR count). The van der Waals surface area contributed by atoms with Gasteiger partial charge in [-0.3, -0.25) is 4.79 Å². The summed E-state index contributed by atoms with van der Waals surface area (Å²) in [5.74, 6) is 0.247. The Morgan fingerprint density at radius 1 is 0.952 bits per heavy atom. The van der Waals surface area contributed by atoms with E-state index < -0.39 is 0 Å². The highest BCUT2D eigenvalue weighted by molar-refractivity contribution is 5.78. The van der Waals surface area contributed by atoms with E-state index in [0.717, 1.165) is 12.0 Å². The summed E-state index contributed by atoms with van der Waals surface area (Å²) in [6.45, 7) is -0.234. The van der Waals surface area contributed by atoms with E-state index in [1.165, 1.54) is 5.56 Å². The Balaban J connectivity index is 2.03. The van der Waals surface area contributed by atoms with Crippen molar-refractivity contribution in [3.63, 3.8) is 0 Å². The van der Waals surface area contributed by atoms with Crippen LogP contribution in [0.4, 0.5) is 0 Å². The molecular formula is C18H19NO2. The average Bonchev–Trinajstić information content (AvgIpc) is 2.56. The summed E-state index contributed by atoms with van der Waals surface area (Å²) in [5.41, 5.74) is 2.30. The molecule has 3 heteroatoms. The third kappa shape index (κ3) is 2.69. The SMILES string of the molecule is O=C1CCC(c2ccccc2)C(c2ccccc2)N1CO. The fourth-order valence-electron chi connectivity index (χ4n) is 3.23. The second kappa shape index (κ2) is 6.10. The molecule has 3 nitrogen and oxygen atoms in total. The summed E-state index contributed by atoms with van der Waals surface area (Å²) in [6.07, 6.45) is 1.31. The van der Waals surface area contributed by atoms with Gasteiger partial charge in [0.05, 0.1) is 6.04 Å². The highest BCUT2D eigenvalue weighted by Gasteiger charge is 2.37. The summed E-state index contributed by atoms with van der Waals surface area (Å²) in [4.78, 5) is 13.7. The largest absolute Gasteiger partial charge is 0.376 e. The van der Waals surface area contributed by atoms with Gasteiger partial charge in [0.1, 0.15) is 6.73 Å². The zero-order valence-electron chi connectivity index (χ0n) is 11.9. The Hall–Kier alpha value is -2.13. The van der Waals surface area contributed by atoms with Crippen LogP contribution in [0.15, 0.2) is 60.7 Å². The van der Waals surface area contributed by atoms with Crippen molar-refractivity contribution < 1.29 is 9.90 Å². The summed E-state index contributed by atoms with van der Waals surface area (Å²) < 4.78 is 0. The number of carbonyl (C=O) groups excluding carboxylic acids is 1. The first-order valence-corrected chi connectivity index (χ1v) is 7.31. The van der Waals surface area contributed by atoms with Gasteiger partial charge in [0, 0.05) is 12.3 Å². The fraction of sp³-hybridized carbons (Fsp3) is 0.278. The van der Waals surface area contributed by atoms with E-state index in [1.54, 1.807) is 4.90 Å². The van der Waals surface area contributed by atoms with Gasteiger partial charge in [-0.2, -0.15) is 0 Å². The van der Waals surface area contributed by atoms with Crippen molar-refractivity contribution in [1.29, 1.82) is 0 Å². The van der Waals surface area contributed by atoms with E-state index in [4.69, 9.17) is 0 Å². The van der Waals surface area contributed by atoms with Gasteiger partial charge in [-0.1, -0.05) is 60.7 Å². The van der Waals surface area contributed by atoms with Gasteiger partial charge in [0.15, 0.2) is 0 Å². The van der Waals surface area contributed by atoms with E-state index in [2.05, 4.69) is 12.1 Å². The van der Waals surface area contributed by atoms with E-state index in [1.807, 2.05) is 48.5 Å². The zero-order valence-corrected chi connectivity index (χ0v) is 11.9. The summed E-state index contributed by atoms with van der Waals surface area (Å²) in [6, 6.07) is 20.1. The number of piperidine rings is 1. The van der Waals surface area contributed by atoms with E-state index in [0.29, 0.717) is 6.42 Å². The van der Waals surface area contributed by atoms with E-state index in [9.17, 15) is 9.90 Å². The lowest BCUT2D eigenvalue weighted by atomic mass is 9.80. The quantitative estimate of drug-likeness (QED) is 0.939. The second-order valence-corrected chi connectivity index (χ2v) is 5.42. The predicted molar refractivity (Wildman–Crippen MR) is 81.5 cm³/mol. The normalized spacial score (nSPS) is 22.3. The van der Waals surface area contributed by atoms with Crippen molar-refractivity contribution in [2.45, 2.75) is 24.8 Å². The molecule has 2 aromatic carbocycles. The van der Waals surface area contributed by atoms with Crippen LogP contribution in [0.2, 0.25) is 0 Å². The molecule has 0 aromatic heterocycles. The second-order valence-electron chi connectivity index (χ2n) is 5.42. The van der Waals surface area contributed by atoms with E-state index in [-0.39, 0.29) is 24.6 Å². The molecular weight excluding hydrogens is 262 g/mol. The van der Waals surface area contributed by atoms with Crippen LogP contribution in [-0.2, 0) is 4.79 Å². The molecule has 1 saturated heterocycles. The number of aliphatic hydroxyl groups excluding tert-OH is 1. The number of likely N-dealkylation sites (tertiary alicyclic amines) is 1. The lowest BCUT2D eigenvalue weighted by Crippen LogP contribution is -2.42. The monoisotopic (exact) mass is 281 g/mol. The molecule has 1 fully saturated rings. The Morgan fingerprint density at radius 3 is 2.10 bits per heavy atom. The van der Waals surface area contributed by atoms with Crippen LogP contribution in [0.25, 0.3) is 0 Å². The van der Waals surface area contributed by atoms with Crippen molar-refractivity contribution in [3.8, 4) is 0 Å². The Kier molecular flexibility index (Phi) is 4.02. The van der Waals surface area contributed by atoms with Crippen LogP contribution < -0.4 is 0 Å². The minimum atomic E-state index is -0.234. The average molecular weight is 281 g/mol. The summed E-state index contributed by atoms with van der Waals surface area (Å²) >= 11 is 0. The van der Waals surface area contributed by atoms with Crippen LogP contribution in [0, 0.1) is 0 Å². The smallest absolute Gasteiger partial charge is 0.224 e. The Labute approximate surface area is 124 Å². The van der Waals surface area contributed by atoms with Crippen molar-refractivity contribution >= 4 is 5.91 Å². The van der Waals surface area contributed by atoms with Crippen LogP contribution >= 0.6 is 0 Å². The first-order valence-electron chi connectivity index (χ1n) is 7.31. The molecule has 0 aliphatic carbocycles. The number of nitrogens with zero attached hydrogens (tertiary/aromatic N) is 1. The van der Waals surface area contributed by atoms with E-state index >= 15 is 0 Å². The van der Waals surface area contributed by atoms with Crippen molar-refractivity contribution in [2.24, 2.45) is 0 Å². The van der Waals surface area contributed by atoms with Crippen LogP contribution in [0.3, 0.4) is 0 Å². The standard InChI is InChI=1S/C18H19NO2/c20-13-19-17(21)12-11-16(14-7-3-1-4-8-14)18(19)15-9-5-2-6-10-15/h1-10,16,18,20H,11-13H2. The lowest BCUT2D eigenvalue weighted by molar-refractivity contribution is -0.142. The van der Waals surface area contributed by atoms with Gasteiger partial charge in [0.25, 0.3) is 0 Å². The highest BCUT2D eigenvalue weighted by Crippen LogP contribution is 2.42. The third-order valence-corrected chi connectivity index (χ3v) is 4.23. The molecule has 0 bridgehead atoms. The molecule has 2 atom stereocenters.